The molecule has 0 radical (unpaired) electrons. The van der Waals surface area contributed by atoms with Gasteiger partial charge >= 0.3 is 0 Å². The lowest BCUT2D eigenvalue weighted by Gasteiger charge is -2.11. The highest BCUT2D eigenvalue weighted by Gasteiger charge is 2.17. The zero-order valence-electron chi connectivity index (χ0n) is 19.0. The number of aromatic nitrogens is 1. The van der Waals surface area contributed by atoms with E-state index in [9.17, 15) is 21.6 Å². The van der Waals surface area contributed by atoms with Gasteiger partial charge in [-0.3, -0.25) is 14.2 Å². The van der Waals surface area contributed by atoms with Crippen molar-refractivity contribution >= 4 is 43.1 Å². The first-order chi connectivity index (χ1) is 17.1. The van der Waals surface area contributed by atoms with Gasteiger partial charge in [0.15, 0.2) is 0 Å². The topological polar surface area (TPSA) is 134 Å². The van der Waals surface area contributed by atoms with Crippen molar-refractivity contribution in [2.24, 2.45) is 0 Å². The van der Waals surface area contributed by atoms with E-state index in [1.165, 1.54) is 66.9 Å². The van der Waals surface area contributed by atoms with Gasteiger partial charge in [-0.1, -0.05) is 29.8 Å². The minimum atomic E-state index is -3.85. The number of anilines is 3. The molecule has 36 heavy (non-hydrogen) atoms. The summed E-state index contributed by atoms with van der Waals surface area (Å²) in [4.78, 5) is 16.8. The quantitative estimate of drug-likeness (QED) is 0.317. The van der Waals surface area contributed by atoms with Crippen LogP contribution in [-0.2, 0) is 20.0 Å². The number of amides is 1. The molecule has 3 aromatic carbocycles. The Bertz CT molecular complexity index is 1590. The summed E-state index contributed by atoms with van der Waals surface area (Å²) in [5, 5.41) is 2.67. The standard InChI is InChI=1S/C25H22N4O5S2/c1-18-8-12-22(13-9-18)35(31,32)28-21-6-4-5-19(17-21)25(30)27-20-10-14-23(15-11-20)36(33,34)29-24-7-2-3-16-26-24/h2-17,28H,1H3,(H,26,29)(H,27,30). The largest absolute Gasteiger partial charge is 0.322 e. The van der Waals surface area contributed by atoms with Crippen LogP contribution in [0.2, 0.25) is 0 Å². The van der Waals surface area contributed by atoms with Gasteiger partial charge in [-0.05, 0) is 73.7 Å². The molecule has 0 aliphatic carbocycles. The van der Waals surface area contributed by atoms with Gasteiger partial charge in [0.2, 0.25) is 0 Å². The highest BCUT2D eigenvalue weighted by atomic mass is 32.2. The Hall–Kier alpha value is -4.22. The van der Waals surface area contributed by atoms with Gasteiger partial charge < -0.3 is 5.32 Å². The third-order valence-electron chi connectivity index (χ3n) is 5.03. The zero-order chi connectivity index (χ0) is 25.8. The number of pyridine rings is 1. The van der Waals surface area contributed by atoms with E-state index in [0.29, 0.717) is 5.69 Å². The lowest BCUT2D eigenvalue weighted by atomic mass is 10.2. The van der Waals surface area contributed by atoms with Gasteiger partial charge in [-0.25, -0.2) is 21.8 Å². The van der Waals surface area contributed by atoms with Crippen molar-refractivity contribution in [3.05, 3.63) is 108 Å². The van der Waals surface area contributed by atoms with Crippen LogP contribution in [0.5, 0.6) is 0 Å². The number of sulfonamides is 2. The minimum Gasteiger partial charge on any atom is -0.322 e. The fourth-order valence-electron chi connectivity index (χ4n) is 3.20. The summed E-state index contributed by atoms with van der Waals surface area (Å²) in [6, 6.07) is 22.9. The first kappa shape index (κ1) is 24.9. The number of carbonyl (C=O) groups excluding carboxylic acids is 1. The highest BCUT2D eigenvalue weighted by molar-refractivity contribution is 7.93. The Kier molecular flexibility index (Phi) is 7.04. The molecule has 0 atom stereocenters. The van der Waals surface area contributed by atoms with Crippen molar-refractivity contribution in [1.29, 1.82) is 0 Å². The smallest absolute Gasteiger partial charge is 0.263 e. The predicted octanol–water partition coefficient (Wildman–Crippen LogP) is 4.24. The molecule has 0 saturated carbocycles. The average Bonchev–Trinajstić information content (AvgIpc) is 2.85. The minimum absolute atomic E-state index is 0.00124. The van der Waals surface area contributed by atoms with Gasteiger partial charge in [-0.2, -0.15) is 0 Å². The van der Waals surface area contributed by atoms with E-state index in [1.807, 2.05) is 6.92 Å². The summed E-state index contributed by atoms with van der Waals surface area (Å²) in [5.41, 5.74) is 1.74. The molecule has 184 valence electrons. The third-order valence-corrected chi connectivity index (χ3v) is 7.80. The van der Waals surface area contributed by atoms with Crippen LogP contribution >= 0.6 is 0 Å². The first-order valence-corrected chi connectivity index (χ1v) is 13.6. The summed E-state index contributed by atoms with van der Waals surface area (Å²) in [6.45, 7) is 1.86. The van der Waals surface area contributed by atoms with E-state index in [-0.39, 0.29) is 26.9 Å². The Balaban J connectivity index is 1.44. The number of benzene rings is 3. The Morgan fingerprint density at radius 3 is 1.97 bits per heavy atom. The summed E-state index contributed by atoms with van der Waals surface area (Å²) in [7, 11) is -7.67. The van der Waals surface area contributed by atoms with Crippen molar-refractivity contribution in [2.45, 2.75) is 16.7 Å². The second-order valence-electron chi connectivity index (χ2n) is 7.80. The zero-order valence-corrected chi connectivity index (χ0v) is 20.7. The number of aryl methyl sites for hydroxylation is 1. The molecule has 1 amide bonds. The van der Waals surface area contributed by atoms with E-state index < -0.39 is 26.0 Å². The van der Waals surface area contributed by atoms with Crippen molar-refractivity contribution in [1.82, 2.24) is 4.98 Å². The summed E-state index contributed by atoms with van der Waals surface area (Å²) in [5.74, 6) is -0.304. The van der Waals surface area contributed by atoms with Gasteiger partial charge in [-0.15, -0.1) is 0 Å². The second kappa shape index (κ2) is 10.2. The second-order valence-corrected chi connectivity index (χ2v) is 11.2. The van der Waals surface area contributed by atoms with E-state index >= 15 is 0 Å². The monoisotopic (exact) mass is 522 g/mol. The molecule has 3 N–H and O–H groups in total. The molecule has 4 rings (SSSR count). The van der Waals surface area contributed by atoms with Crippen LogP contribution in [0.15, 0.2) is 107 Å². The SMILES string of the molecule is Cc1ccc(S(=O)(=O)Nc2cccc(C(=O)Nc3ccc(S(=O)(=O)Nc4ccccn4)cc3)c2)cc1. The third kappa shape index (κ3) is 6.06. The Labute approximate surface area is 209 Å². The normalized spacial score (nSPS) is 11.5. The van der Waals surface area contributed by atoms with Gasteiger partial charge in [0.05, 0.1) is 9.79 Å². The van der Waals surface area contributed by atoms with Crippen LogP contribution in [0, 0.1) is 6.92 Å². The molecule has 0 spiro atoms. The van der Waals surface area contributed by atoms with Crippen LogP contribution in [0.25, 0.3) is 0 Å². The lowest BCUT2D eigenvalue weighted by Crippen LogP contribution is -2.16. The molecular weight excluding hydrogens is 500 g/mol. The van der Waals surface area contributed by atoms with Crippen LogP contribution in [0.3, 0.4) is 0 Å². The van der Waals surface area contributed by atoms with Gasteiger partial charge in [0.1, 0.15) is 5.82 Å². The summed E-state index contributed by atoms with van der Waals surface area (Å²) < 4.78 is 55.2. The maximum Gasteiger partial charge on any atom is 0.263 e. The average molecular weight is 523 g/mol. The van der Waals surface area contributed by atoms with Crippen LogP contribution in [-0.4, -0.2) is 27.7 Å². The lowest BCUT2D eigenvalue weighted by molar-refractivity contribution is 0.102. The maximum absolute atomic E-state index is 12.7. The molecule has 0 aliphatic heterocycles. The molecule has 0 saturated heterocycles. The molecule has 9 nitrogen and oxygen atoms in total. The molecule has 0 fully saturated rings. The highest BCUT2D eigenvalue weighted by Crippen LogP contribution is 2.20. The fourth-order valence-corrected chi connectivity index (χ4v) is 5.25. The Morgan fingerprint density at radius 1 is 0.694 bits per heavy atom. The van der Waals surface area contributed by atoms with Crippen LogP contribution in [0.4, 0.5) is 17.2 Å². The fraction of sp³-hybridized carbons (Fsp3) is 0.0400. The number of rotatable bonds is 8. The molecule has 1 heterocycles. The number of nitrogens with one attached hydrogen (secondary N) is 3. The van der Waals surface area contributed by atoms with E-state index in [1.54, 1.807) is 30.3 Å². The van der Waals surface area contributed by atoms with Crippen molar-refractivity contribution < 1.29 is 21.6 Å². The number of hydrogen-bond donors (Lipinski definition) is 3. The van der Waals surface area contributed by atoms with Crippen molar-refractivity contribution in [2.75, 3.05) is 14.8 Å². The van der Waals surface area contributed by atoms with Crippen molar-refractivity contribution in [3.63, 3.8) is 0 Å². The van der Waals surface area contributed by atoms with Crippen LogP contribution < -0.4 is 14.8 Å². The molecular formula is C25H22N4O5S2. The molecule has 11 heteroatoms. The molecule has 1 aromatic heterocycles. The van der Waals surface area contributed by atoms with Gasteiger partial charge in [0.25, 0.3) is 26.0 Å². The molecule has 0 aliphatic rings. The van der Waals surface area contributed by atoms with Crippen molar-refractivity contribution in [3.8, 4) is 0 Å². The predicted molar refractivity (Wildman–Crippen MR) is 138 cm³/mol. The molecule has 4 aromatic rings. The van der Waals surface area contributed by atoms with Crippen LogP contribution in [0.1, 0.15) is 15.9 Å². The first-order valence-electron chi connectivity index (χ1n) is 10.7. The summed E-state index contributed by atoms with van der Waals surface area (Å²) in [6.07, 6.45) is 1.47. The Morgan fingerprint density at radius 2 is 1.33 bits per heavy atom. The summed E-state index contributed by atoms with van der Waals surface area (Å²) >= 11 is 0. The van der Waals surface area contributed by atoms with E-state index in [0.717, 1.165) is 5.56 Å². The maximum atomic E-state index is 12.7. The number of hydrogen-bond acceptors (Lipinski definition) is 6. The van der Waals surface area contributed by atoms with Gasteiger partial charge in [0, 0.05) is 23.1 Å². The van der Waals surface area contributed by atoms with E-state index in [2.05, 4.69) is 19.7 Å². The van der Waals surface area contributed by atoms with E-state index in [4.69, 9.17) is 0 Å². The molecule has 0 unspecified atom stereocenters. The number of carbonyl (C=O) groups is 1. The molecule has 0 bridgehead atoms. The number of nitrogens with zero attached hydrogens (tertiary/aromatic N) is 1.